The van der Waals surface area contributed by atoms with Gasteiger partial charge in [-0.1, -0.05) is 44.2 Å². The molecular weight excluding hydrogens is 242 g/mol. The van der Waals surface area contributed by atoms with Crippen molar-refractivity contribution in [2.75, 3.05) is 0 Å². The molecule has 0 radical (unpaired) electrons. The first-order chi connectivity index (χ1) is 9.31. The standard InChI is InChI=1S/C13H11NO3.C2H6/c15-13(17-16)12-9-14-7-6-11(12)8-10-4-2-1-3-5-10;1-2/h1-7,9,16H,8H2;1-2H3. The van der Waals surface area contributed by atoms with E-state index in [4.69, 9.17) is 5.26 Å². The molecule has 1 aromatic heterocycles. The van der Waals surface area contributed by atoms with Crippen LogP contribution in [-0.2, 0) is 11.3 Å². The molecule has 0 saturated carbocycles. The fraction of sp³-hybridized carbons (Fsp3) is 0.200. The molecule has 0 unspecified atom stereocenters. The Morgan fingerprint density at radius 1 is 1.21 bits per heavy atom. The third kappa shape index (κ3) is 4.19. The second-order valence-electron chi connectivity index (χ2n) is 3.57. The molecule has 0 aliphatic carbocycles. The number of rotatable bonds is 3. The van der Waals surface area contributed by atoms with Gasteiger partial charge < -0.3 is 0 Å². The van der Waals surface area contributed by atoms with Crippen LogP contribution in [0.5, 0.6) is 0 Å². The zero-order valence-electron chi connectivity index (χ0n) is 11.0. The first-order valence-corrected chi connectivity index (χ1v) is 6.14. The molecule has 0 saturated heterocycles. The summed E-state index contributed by atoms with van der Waals surface area (Å²) in [6.07, 6.45) is 3.58. The van der Waals surface area contributed by atoms with E-state index in [9.17, 15) is 4.79 Å². The summed E-state index contributed by atoms with van der Waals surface area (Å²) < 4.78 is 0. The molecule has 0 bridgehead atoms. The van der Waals surface area contributed by atoms with Crippen molar-refractivity contribution in [1.82, 2.24) is 4.98 Å². The van der Waals surface area contributed by atoms with Gasteiger partial charge in [0.15, 0.2) is 0 Å². The third-order valence-corrected chi connectivity index (χ3v) is 2.45. The highest BCUT2D eigenvalue weighted by molar-refractivity contribution is 5.90. The minimum absolute atomic E-state index is 0.277. The van der Waals surface area contributed by atoms with Crippen LogP contribution in [0.1, 0.15) is 35.3 Å². The molecule has 0 aliphatic heterocycles. The lowest BCUT2D eigenvalue weighted by Gasteiger charge is -2.05. The van der Waals surface area contributed by atoms with E-state index >= 15 is 0 Å². The van der Waals surface area contributed by atoms with E-state index in [0.29, 0.717) is 6.42 Å². The molecule has 0 spiro atoms. The minimum Gasteiger partial charge on any atom is -0.295 e. The normalized spacial score (nSPS) is 9.21. The highest BCUT2D eigenvalue weighted by atomic mass is 17.1. The van der Waals surface area contributed by atoms with E-state index in [1.807, 2.05) is 44.2 Å². The average Bonchev–Trinajstić information content (AvgIpc) is 2.50. The quantitative estimate of drug-likeness (QED) is 0.678. The fourth-order valence-corrected chi connectivity index (χ4v) is 1.63. The van der Waals surface area contributed by atoms with Gasteiger partial charge in [-0.25, -0.2) is 4.79 Å². The highest BCUT2D eigenvalue weighted by Crippen LogP contribution is 2.14. The van der Waals surface area contributed by atoms with Gasteiger partial charge >= 0.3 is 5.97 Å². The van der Waals surface area contributed by atoms with Crippen molar-refractivity contribution in [3.8, 4) is 0 Å². The van der Waals surface area contributed by atoms with Crippen LogP contribution in [-0.4, -0.2) is 16.2 Å². The molecule has 1 heterocycles. The Hall–Kier alpha value is -2.20. The molecule has 0 aliphatic rings. The number of hydrogen-bond acceptors (Lipinski definition) is 4. The molecule has 0 fully saturated rings. The maximum Gasteiger partial charge on any atom is 0.374 e. The van der Waals surface area contributed by atoms with E-state index in [2.05, 4.69) is 9.87 Å². The summed E-state index contributed by atoms with van der Waals surface area (Å²) in [4.78, 5) is 18.9. The average molecular weight is 259 g/mol. The number of pyridine rings is 1. The Labute approximate surface area is 112 Å². The number of hydrogen-bond donors (Lipinski definition) is 1. The summed E-state index contributed by atoms with van der Waals surface area (Å²) >= 11 is 0. The molecule has 2 rings (SSSR count). The Morgan fingerprint density at radius 2 is 1.89 bits per heavy atom. The summed E-state index contributed by atoms with van der Waals surface area (Å²) in [7, 11) is 0. The van der Waals surface area contributed by atoms with Crippen molar-refractivity contribution in [2.45, 2.75) is 20.3 Å². The number of aromatic nitrogens is 1. The van der Waals surface area contributed by atoms with Crippen molar-refractivity contribution < 1.29 is 14.9 Å². The molecule has 4 heteroatoms. The van der Waals surface area contributed by atoms with Crippen LogP contribution in [0, 0.1) is 0 Å². The first kappa shape index (κ1) is 14.9. The second kappa shape index (κ2) is 8.00. The molecule has 100 valence electrons. The number of carbonyl (C=O) groups is 1. The Morgan fingerprint density at radius 3 is 2.53 bits per heavy atom. The highest BCUT2D eigenvalue weighted by Gasteiger charge is 2.12. The van der Waals surface area contributed by atoms with E-state index in [1.54, 1.807) is 12.3 Å². The summed E-state index contributed by atoms with van der Waals surface area (Å²) in [6.45, 7) is 4.00. The molecule has 0 amide bonds. The maximum atomic E-state index is 11.3. The van der Waals surface area contributed by atoms with Gasteiger partial charge in [-0.05, 0) is 23.6 Å². The SMILES string of the molecule is CC.O=C(OO)c1cnccc1Cc1ccccc1. The van der Waals surface area contributed by atoms with Gasteiger partial charge in [0.2, 0.25) is 0 Å². The zero-order valence-corrected chi connectivity index (χ0v) is 11.0. The van der Waals surface area contributed by atoms with Gasteiger partial charge in [0, 0.05) is 12.4 Å². The monoisotopic (exact) mass is 259 g/mol. The lowest BCUT2D eigenvalue weighted by atomic mass is 10.0. The smallest absolute Gasteiger partial charge is 0.295 e. The van der Waals surface area contributed by atoms with Crippen molar-refractivity contribution in [3.63, 3.8) is 0 Å². The molecule has 2 aromatic rings. The van der Waals surface area contributed by atoms with E-state index in [0.717, 1.165) is 11.1 Å². The van der Waals surface area contributed by atoms with Crippen molar-refractivity contribution in [2.24, 2.45) is 0 Å². The molecular formula is C15H17NO3. The lowest BCUT2D eigenvalue weighted by molar-refractivity contribution is -0.182. The largest absolute Gasteiger partial charge is 0.374 e. The van der Waals surface area contributed by atoms with E-state index in [-0.39, 0.29) is 5.56 Å². The van der Waals surface area contributed by atoms with Crippen LogP contribution in [0.4, 0.5) is 0 Å². The summed E-state index contributed by atoms with van der Waals surface area (Å²) in [6, 6.07) is 11.5. The Balaban J connectivity index is 0.000000861. The lowest BCUT2D eigenvalue weighted by Crippen LogP contribution is -2.07. The van der Waals surface area contributed by atoms with Crippen molar-refractivity contribution >= 4 is 5.97 Å². The Kier molecular flexibility index (Phi) is 6.26. The van der Waals surface area contributed by atoms with Crippen LogP contribution >= 0.6 is 0 Å². The Bertz CT molecular complexity index is 512. The molecule has 0 atom stereocenters. The van der Waals surface area contributed by atoms with Crippen molar-refractivity contribution in [3.05, 3.63) is 65.5 Å². The van der Waals surface area contributed by atoms with E-state index < -0.39 is 5.97 Å². The predicted molar refractivity (Wildman–Crippen MR) is 72.9 cm³/mol. The summed E-state index contributed by atoms with van der Waals surface area (Å²) in [5, 5.41) is 8.40. The summed E-state index contributed by atoms with van der Waals surface area (Å²) in [5.74, 6) is -0.788. The minimum atomic E-state index is -0.788. The van der Waals surface area contributed by atoms with Crippen LogP contribution in [0.2, 0.25) is 0 Å². The third-order valence-electron chi connectivity index (χ3n) is 2.45. The van der Waals surface area contributed by atoms with Gasteiger partial charge in [-0.15, -0.1) is 0 Å². The van der Waals surface area contributed by atoms with Crippen LogP contribution in [0.15, 0.2) is 48.8 Å². The fourth-order valence-electron chi connectivity index (χ4n) is 1.63. The maximum absolute atomic E-state index is 11.3. The molecule has 1 N–H and O–H groups in total. The van der Waals surface area contributed by atoms with Crippen LogP contribution in [0.25, 0.3) is 0 Å². The number of nitrogens with zero attached hydrogens (tertiary/aromatic N) is 1. The number of benzene rings is 1. The topological polar surface area (TPSA) is 59.4 Å². The predicted octanol–water partition coefficient (Wildman–Crippen LogP) is 3.33. The van der Waals surface area contributed by atoms with Gasteiger partial charge in [-0.3, -0.25) is 9.87 Å². The summed E-state index contributed by atoms with van der Waals surface area (Å²) in [5.41, 5.74) is 2.12. The van der Waals surface area contributed by atoms with Gasteiger partial charge in [0.1, 0.15) is 0 Å². The van der Waals surface area contributed by atoms with Gasteiger partial charge in [0.05, 0.1) is 5.56 Å². The van der Waals surface area contributed by atoms with Crippen molar-refractivity contribution in [1.29, 1.82) is 0 Å². The van der Waals surface area contributed by atoms with Gasteiger partial charge in [-0.2, -0.15) is 5.26 Å². The number of carbonyl (C=O) groups excluding carboxylic acids is 1. The molecule has 19 heavy (non-hydrogen) atoms. The van der Waals surface area contributed by atoms with E-state index in [1.165, 1.54) is 6.20 Å². The molecule has 4 nitrogen and oxygen atoms in total. The van der Waals surface area contributed by atoms with Crippen LogP contribution in [0.3, 0.4) is 0 Å². The van der Waals surface area contributed by atoms with Gasteiger partial charge in [0.25, 0.3) is 0 Å². The first-order valence-electron chi connectivity index (χ1n) is 6.14. The molecule has 1 aromatic carbocycles. The van der Waals surface area contributed by atoms with Crippen LogP contribution < -0.4 is 0 Å². The second-order valence-corrected chi connectivity index (χ2v) is 3.57. The zero-order chi connectivity index (χ0) is 14.1.